The minimum atomic E-state index is -0.125. The van der Waals surface area contributed by atoms with Crippen LogP contribution in [-0.4, -0.2) is 21.7 Å². The summed E-state index contributed by atoms with van der Waals surface area (Å²) in [6.45, 7) is 2.85. The van der Waals surface area contributed by atoms with Crippen molar-refractivity contribution >= 4 is 22.5 Å². The zero-order chi connectivity index (χ0) is 25.7. The van der Waals surface area contributed by atoms with E-state index in [9.17, 15) is 9.59 Å². The van der Waals surface area contributed by atoms with E-state index in [-0.39, 0.29) is 37.4 Å². The molecule has 0 unspecified atom stereocenters. The number of benzene rings is 4. The van der Waals surface area contributed by atoms with E-state index in [1.54, 1.807) is 0 Å². The fraction of sp³-hybridized carbons (Fsp3) is 0.0606. The molecule has 0 saturated carbocycles. The van der Waals surface area contributed by atoms with E-state index in [1.165, 1.54) is 47.6 Å². The van der Waals surface area contributed by atoms with Gasteiger partial charge in [-0.3, -0.25) is 14.6 Å². The predicted octanol–water partition coefficient (Wildman–Crippen LogP) is 7.60. The number of nitrogens with zero attached hydrogens (tertiary/aromatic N) is 1. The fourth-order valence-corrected chi connectivity index (χ4v) is 5.31. The van der Waals surface area contributed by atoms with Crippen molar-refractivity contribution < 1.29 is 34.8 Å². The van der Waals surface area contributed by atoms with Crippen LogP contribution < -0.4 is 0 Å². The van der Waals surface area contributed by atoms with Crippen LogP contribution in [0.5, 0.6) is 0 Å². The summed E-state index contributed by atoms with van der Waals surface area (Å²) in [6, 6.07) is 31.9. The molecule has 2 aliphatic rings. The van der Waals surface area contributed by atoms with Crippen molar-refractivity contribution in [3.8, 4) is 44.6 Å². The van der Waals surface area contributed by atoms with Gasteiger partial charge in [0.25, 0.3) is 0 Å². The molecule has 1 radical (unpaired) electrons. The van der Waals surface area contributed by atoms with Crippen LogP contribution in [0.3, 0.4) is 0 Å². The van der Waals surface area contributed by atoms with Gasteiger partial charge in [-0.1, -0.05) is 77.9 Å². The maximum atomic E-state index is 12.9. The Morgan fingerprint density at radius 1 is 0.789 bits per heavy atom. The van der Waals surface area contributed by atoms with Crippen molar-refractivity contribution in [2.24, 2.45) is 0 Å². The summed E-state index contributed by atoms with van der Waals surface area (Å²) in [4.78, 5) is 28.0. The molecular weight excluding hydrogens is 651 g/mol. The first kappa shape index (κ1) is 25.5. The molecule has 4 aromatic carbocycles. The first-order valence-corrected chi connectivity index (χ1v) is 12.0. The molecule has 0 aliphatic heterocycles. The summed E-state index contributed by atoms with van der Waals surface area (Å²) in [5.74, 6) is 0.0151. The van der Waals surface area contributed by atoms with Gasteiger partial charge in [-0.2, -0.15) is 0 Å². The summed E-state index contributed by atoms with van der Waals surface area (Å²) in [5.41, 5.74) is 11.0. The summed E-state index contributed by atoms with van der Waals surface area (Å²) >= 11 is 0. The third-order valence-electron chi connectivity index (χ3n) is 6.69. The first-order valence-electron chi connectivity index (χ1n) is 12.0. The van der Waals surface area contributed by atoms with Gasteiger partial charge in [0.15, 0.2) is 11.6 Å². The molecule has 1 N–H and O–H groups in total. The minimum Gasteiger partial charge on any atom is -0.512 e. The minimum absolute atomic E-state index is 0. The van der Waals surface area contributed by atoms with E-state index in [1.807, 2.05) is 36.4 Å². The Balaban J connectivity index is 0.000000329. The number of aliphatic hydroxyl groups is 1. The van der Waals surface area contributed by atoms with E-state index in [0.717, 1.165) is 39.0 Å². The second kappa shape index (κ2) is 9.94. The molecule has 0 fully saturated rings. The molecule has 0 saturated heterocycles. The van der Waals surface area contributed by atoms with Gasteiger partial charge in [0.05, 0.1) is 11.3 Å². The van der Waals surface area contributed by atoms with Crippen molar-refractivity contribution in [1.82, 2.24) is 4.98 Å². The van der Waals surface area contributed by atoms with Crippen molar-refractivity contribution in [2.75, 3.05) is 0 Å². The van der Waals surface area contributed by atoms with Gasteiger partial charge in [-0.25, -0.2) is 0 Å². The van der Waals surface area contributed by atoms with Crippen LogP contribution in [0.2, 0.25) is 0 Å². The van der Waals surface area contributed by atoms with E-state index < -0.39 is 0 Å². The SMILES string of the molecule is CC(=O)C=C(C)O.O=C1c2ccccc2-c2c(-c3cc4c5c(cccc5n3)-c3ccccc3-4)[c-]ccc21.[Ir]. The Hall–Kier alpha value is -4.18. The molecule has 187 valence electrons. The average Bonchev–Trinajstić information content (AvgIpc) is 3.38. The number of pyridine rings is 1. The van der Waals surface area contributed by atoms with E-state index in [4.69, 9.17) is 10.1 Å². The quantitative estimate of drug-likeness (QED) is 0.117. The van der Waals surface area contributed by atoms with Crippen LogP contribution in [0, 0.1) is 6.07 Å². The van der Waals surface area contributed by atoms with Crippen molar-refractivity contribution in [2.45, 2.75) is 13.8 Å². The maximum Gasteiger partial charge on any atom is 0.175 e. The van der Waals surface area contributed by atoms with Gasteiger partial charge in [-0.15, -0.1) is 23.8 Å². The van der Waals surface area contributed by atoms with Gasteiger partial charge in [0, 0.05) is 37.1 Å². The van der Waals surface area contributed by atoms with Gasteiger partial charge >= 0.3 is 0 Å². The number of rotatable bonds is 2. The van der Waals surface area contributed by atoms with Crippen LogP contribution in [0.1, 0.15) is 29.8 Å². The molecule has 2 aliphatic carbocycles. The number of aliphatic hydroxyl groups excluding tert-OH is 1. The Morgan fingerprint density at radius 2 is 1.42 bits per heavy atom. The Morgan fingerprint density at radius 3 is 2.08 bits per heavy atom. The number of ketones is 2. The number of hydrogen-bond acceptors (Lipinski definition) is 4. The molecule has 1 heterocycles. The van der Waals surface area contributed by atoms with Gasteiger partial charge < -0.3 is 5.11 Å². The second-order valence-electron chi connectivity index (χ2n) is 9.21. The summed E-state index contributed by atoms with van der Waals surface area (Å²) in [6.07, 6.45) is 1.17. The molecule has 0 bridgehead atoms. The zero-order valence-corrected chi connectivity index (χ0v) is 23.1. The number of hydrogen-bond donors (Lipinski definition) is 1. The standard InChI is InChI=1S/C28H14NO.C5H8O2.Ir/c30-28-20-10-4-3-9-19(20)26-21(12-5-13-22(26)28)25-15-23-17-8-2-1-7-16(17)18-11-6-14-24(29-25)27(18)23;1-4(6)3-5(2)7;/h1-11,13-15H;3,6H,1-2H3;/q-1;;. The van der Waals surface area contributed by atoms with Crippen molar-refractivity contribution in [3.63, 3.8) is 0 Å². The van der Waals surface area contributed by atoms with E-state index >= 15 is 0 Å². The van der Waals surface area contributed by atoms with Crippen LogP contribution in [0.25, 0.3) is 55.5 Å². The zero-order valence-electron chi connectivity index (χ0n) is 20.7. The normalized spacial score (nSPS) is 12.2. The molecule has 1 aromatic heterocycles. The molecule has 5 heteroatoms. The molecule has 7 rings (SSSR count). The van der Waals surface area contributed by atoms with Crippen LogP contribution in [0.4, 0.5) is 0 Å². The maximum absolute atomic E-state index is 12.9. The van der Waals surface area contributed by atoms with Crippen molar-refractivity contribution in [3.05, 3.63) is 114 Å². The number of carbonyl (C=O) groups excluding carboxylic acids is 2. The molecule has 5 aromatic rings. The van der Waals surface area contributed by atoms with Gasteiger partial charge in [-0.05, 0) is 53.4 Å². The summed E-state index contributed by atoms with van der Waals surface area (Å²) < 4.78 is 0. The number of carbonyl (C=O) groups is 2. The van der Waals surface area contributed by atoms with E-state index in [0.29, 0.717) is 0 Å². The smallest absolute Gasteiger partial charge is 0.175 e. The summed E-state index contributed by atoms with van der Waals surface area (Å²) in [7, 11) is 0. The monoisotopic (exact) mass is 673 g/mol. The number of allylic oxidation sites excluding steroid dienone is 2. The van der Waals surface area contributed by atoms with Crippen LogP contribution >= 0.6 is 0 Å². The molecule has 38 heavy (non-hydrogen) atoms. The fourth-order valence-electron chi connectivity index (χ4n) is 5.31. The first-order chi connectivity index (χ1) is 17.9. The Bertz CT molecular complexity index is 1800. The predicted molar refractivity (Wildman–Crippen MR) is 146 cm³/mol. The molecule has 0 atom stereocenters. The Kier molecular flexibility index (Phi) is 6.66. The van der Waals surface area contributed by atoms with Gasteiger partial charge in [0.1, 0.15) is 0 Å². The molecule has 4 nitrogen and oxygen atoms in total. The van der Waals surface area contributed by atoms with Crippen LogP contribution in [-0.2, 0) is 24.9 Å². The Labute approximate surface area is 234 Å². The third-order valence-corrected chi connectivity index (χ3v) is 6.69. The largest absolute Gasteiger partial charge is 0.512 e. The molecule has 0 amide bonds. The molecular formula is C33H22IrNO3-. The average molecular weight is 673 g/mol. The second-order valence-corrected chi connectivity index (χ2v) is 9.21. The molecule has 0 spiro atoms. The number of aromatic nitrogens is 1. The van der Waals surface area contributed by atoms with Crippen molar-refractivity contribution in [1.29, 1.82) is 0 Å². The number of fused-ring (bicyclic) bond motifs is 6. The van der Waals surface area contributed by atoms with E-state index in [2.05, 4.69) is 54.6 Å². The third kappa shape index (κ3) is 4.10. The van der Waals surface area contributed by atoms with Gasteiger partial charge in [0.2, 0.25) is 0 Å². The summed E-state index contributed by atoms with van der Waals surface area (Å²) in [5, 5.41) is 9.56. The topological polar surface area (TPSA) is 67.3 Å². The van der Waals surface area contributed by atoms with Crippen LogP contribution in [0.15, 0.2) is 96.8 Å².